The molecule has 0 aliphatic carbocycles. The summed E-state index contributed by atoms with van der Waals surface area (Å²) in [6.45, 7) is 1.96. The highest BCUT2D eigenvalue weighted by atomic mass is 32.2. The van der Waals surface area contributed by atoms with Crippen molar-refractivity contribution in [3.8, 4) is 11.3 Å². The number of pyridine rings is 1. The van der Waals surface area contributed by atoms with Gasteiger partial charge in [-0.3, -0.25) is 0 Å². The van der Waals surface area contributed by atoms with Gasteiger partial charge in [-0.1, -0.05) is 0 Å². The number of hydrogen-bond acceptors (Lipinski definition) is 5. The van der Waals surface area contributed by atoms with Crippen molar-refractivity contribution in [2.24, 2.45) is 7.05 Å². The number of thioether (sulfide) groups is 1. The molecule has 3 aromatic rings. The molecule has 4 heterocycles. The van der Waals surface area contributed by atoms with Crippen molar-refractivity contribution in [3.05, 3.63) is 28.2 Å². The van der Waals surface area contributed by atoms with E-state index in [1.165, 1.54) is 22.2 Å². The highest BCUT2D eigenvalue weighted by Gasteiger charge is 2.23. The predicted molar refractivity (Wildman–Crippen MR) is 89.0 cm³/mol. The lowest BCUT2D eigenvalue weighted by molar-refractivity contribution is 0.621. The number of aryl methyl sites for hydroxylation is 1. The van der Waals surface area contributed by atoms with Gasteiger partial charge < -0.3 is 9.88 Å². The van der Waals surface area contributed by atoms with Crippen LogP contribution in [0.15, 0.2) is 22.0 Å². The number of nitrogens with one attached hydrogen (secondary N) is 1. The molecule has 1 aliphatic rings. The van der Waals surface area contributed by atoms with Gasteiger partial charge in [0.15, 0.2) is 0 Å². The minimum atomic E-state index is 0.921. The van der Waals surface area contributed by atoms with Crippen LogP contribution in [0.5, 0.6) is 0 Å². The van der Waals surface area contributed by atoms with Crippen molar-refractivity contribution in [1.82, 2.24) is 19.9 Å². The Kier molecular flexibility index (Phi) is 3.24. The van der Waals surface area contributed by atoms with E-state index in [0.29, 0.717) is 0 Å². The third-order valence-corrected chi connectivity index (χ3v) is 5.32. The molecule has 0 bridgehead atoms. The Bertz CT molecular complexity index is 805. The van der Waals surface area contributed by atoms with Crippen molar-refractivity contribution >= 4 is 34.1 Å². The monoisotopic (exact) mass is 316 g/mol. The van der Waals surface area contributed by atoms with E-state index in [9.17, 15) is 0 Å². The minimum absolute atomic E-state index is 0.921. The van der Waals surface area contributed by atoms with Crippen LogP contribution in [0.25, 0.3) is 22.3 Å². The zero-order valence-corrected chi connectivity index (χ0v) is 13.6. The fraction of sp³-hybridized carbons (Fsp3) is 0.333. The maximum absolute atomic E-state index is 4.84. The second-order valence-electron chi connectivity index (χ2n) is 5.20. The van der Waals surface area contributed by atoms with Gasteiger partial charge in [0, 0.05) is 48.6 Å². The van der Waals surface area contributed by atoms with Crippen LogP contribution in [0.1, 0.15) is 11.3 Å². The number of aromatic nitrogens is 3. The van der Waals surface area contributed by atoms with Crippen LogP contribution in [0.3, 0.4) is 0 Å². The third-order valence-electron chi connectivity index (χ3n) is 4.11. The molecule has 4 nitrogen and oxygen atoms in total. The van der Waals surface area contributed by atoms with E-state index in [4.69, 9.17) is 4.98 Å². The molecule has 0 radical (unpaired) electrons. The van der Waals surface area contributed by atoms with Gasteiger partial charge in [-0.25, -0.2) is 9.97 Å². The van der Waals surface area contributed by atoms with E-state index >= 15 is 0 Å². The molecule has 3 aromatic heterocycles. The Hall–Kier alpha value is -1.37. The third kappa shape index (κ3) is 2.01. The van der Waals surface area contributed by atoms with Crippen LogP contribution in [0.2, 0.25) is 0 Å². The summed E-state index contributed by atoms with van der Waals surface area (Å²) < 4.78 is 2.26. The number of thiazole rings is 1. The summed E-state index contributed by atoms with van der Waals surface area (Å²) in [5.74, 6) is 0. The van der Waals surface area contributed by atoms with Gasteiger partial charge in [0.1, 0.15) is 5.65 Å². The van der Waals surface area contributed by atoms with Crippen LogP contribution in [0, 0.1) is 0 Å². The summed E-state index contributed by atoms with van der Waals surface area (Å²) in [7, 11) is 2.13. The van der Waals surface area contributed by atoms with E-state index in [0.717, 1.165) is 35.9 Å². The van der Waals surface area contributed by atoms with Gasteiger partial charge in [-0.05, 0) is 17.9 Å². The molecular formula is C15H16N4S2. The average Bonchev–Trinajstić information content (AvgIpc) is 3.15. The standard InChI is InChI=1S/C15H16N4S2/c1-19-12-3-4-16-6-10(12)14-9(11-7-21-8-17-11)5-13(20-2)18-15(14)19/h5,7-8,16H,3-4,6H2,1-2H3. The fourth-order valence-corrected chi connectivity index (χ4v) is 4.07. The Morgan fingerprint density at radius 3 is 3.10 bits per heavy atom. The lowest BCUT2D eigenvalue weighted by Gasteiger charge is -2.14. The van der Waals surface area contributed by atoms with Crippen molar-refractivity contribution in [2.75, 3.05) is 12.8 Å². The summed E-state index contributed by atoms with van der Waals surface area (Å²) in [4.78, 5) is 9.36. The summed E-state index contributed by atoms with van der Waals surface area (Å²) >= 11 is 3.33. The zero-order chi connectivity index (χ0) is 14.4. The van der Waals surface area contributed by atoms with E-state index in [2.05, 4.69) is 39.6 Å². The van der Waals surface area contributed by atoms with Crippen molar-refractivity contribution < 1.29 is 0 Å². The average molecular weight is 316 g/mol. The molecule has 1 N–H and O–H groups in total. The number of rotatable bonds is 2. The molecule has 6 heteroatoms. The van der Waals surface area contributed by atoms with Crippen molar-refractivity contribution in [2.45, 2.75) is 18.0 Å². The number of nitrogens with zero attached hydrogens (tertiary/aromatic N) is 3. The topological polar surface area (TPSA) is 42.7 Å². The van der Waals surface area contributed by atoms with Gasteiger partial charge in [0.25, 0.3) is 0 Å². The molecule has 0 amide bonds. The summed E-state index contributed by atoms with van der Waals surface area (Å²) in [6.07, 6.45) is 3.14. The number of fused-ring (bicyclic) bond motifs is 3. The first-order valence-corrected chi connectivity index (χ1v) is 9.11. The van der Waals surface area contributed by atoms with Crippen LogP contribution in [-0.4, -0.2) is 27.3 Å². The van der Waals surface area contributed by atoms with E-state index in [-0.39, 0.29) is 0 Å². The lowest BCUT2D eigenvalue weighted by atomic mass is 10.0. The second kappa shape index (κ2) is 5.12. The van der Waals surface area contributed by atoms with E-state index in [1.807, 2.05) is 5.51 Å². The molecule has 0 fully saturated rings. The Morgan fingerprint density at radius 2 is 2.33 bits per heavy atom. The lowest BCUT2D eigenvalue weighted by Crippen LogP contribution is -2.24. The van der Waals surface area contributed by atoms with Crippen LogP contribution in [0.4, 0.5) is 0 Å². The molecule has 0 saturated carbocycles. The zero-order valence-electron chi connectivity index (χ0n) is 12.0. The fourth-order valence-electron chi connectivity index (χ4n) is 3.10. The second-order valence-corrected chi connectivity index (χ2v) is 6.74. The van der Waals surface area contributed by atoms with Gasteiger partial charge in [0.05, 0.1) is 16.2 Å². The summed E-state index contributed by atoms with van der Waals surface area (Å²) in [5.41, 5.74) is 8.05. The van der Waals surface area contributed by atoms with Crippen molar-refractivity contribution in [3.63, 3.8) is 0 Å². The minimum Gasteiger partial charge on any atom is -0.332 e. The summed E-state index contributed by atoms with van der Waals surface area (Å²) in [6, 6.07) is 2.18. The maximum Gasteiger partial charge on any atom is 0.142 e. The molecule has 0 unspecified atom stereocenters. The first-order chi connectivity index (χ1) is 10.3. The molecule has 21 heavy (non-hydrogen) atoms. The number of hydrogen-bond donors (Lipinski definition) is 1. The van der Waals surface area contributed by atoms with Crippen molar-refractivity contribution in [1.29, 1.82) is 0 Å². The SMILES string of the molecule is CSc1cc(-c2cscn2)c2c3c(n(C)c2n1)CCNC3. The molecule has 0 aromatic carbocycles. The predicted octanol–water partition coefficient (Wildman–Crippen LogP) is 3.06. The van der Waals surface area contributed by atoms with E-state index < -0.39 is 0 Å². The molecule has 1 aliphatic heterocycles. The maximum atomic E-state index is 4.84. The van der Waals surface area contributed by atoms with Crippen LogP contribution in [-0.2, 0) is 20.0 Å². The first kappa shape index (κ1) is 13.3. The molecule has 108 valence electrons. The Morgan fingerprint density at radius 1 is 1.43 bits per heavy atom. The molecule has 0 saturated heterocycles. The van der Waals surface area contributed by atoms with Gasteiger partial charge in [0.2, 0.25) is 0 Å². The first-order valence-electron chi connectivity index (χ1n) is 6.94. The molecular weight excluding hydrogens is 300 g/mol. The largest absolute Gasteiger partial charge is 0.332 e. The van der Waals surface area contributed by atoms with Crippen LogP contribution < -0.4 is 5.32 Å². The normalized spacial score (nSPS) is 14.6. The Labute approximate surface area is 131 Å². The van der Waals surface area contributed by atoms with Gasteiger partial charge in [-0.2, -0.15) is 0 Å². The molecule has 0 atom stereocenters. The summed E-state index contributed by atoms with van der Waals surface area (Å²) in [5, 5.41) is 7.92. The molecule has 4 rings (SSSR count). The smallest absolute Gasteiger partial charge is 0.142 e. The Balaban J connectivity index is 2.11. The van der Waals surface area contributed by atoms with Gasteiger partial charge >= 0.3 is 0 Å². The van der Waals surface area contributed by atoms with E-state index in [1.54, 1.807) is 23.1 Å². The quantitative estimate of drug-likeness (QED) is 0.738. The highest BCUT2D eigenvalue weighted by molar-refractivity contribution is 7.98. The highest BCUT2D eigenvalue weighted by Crippen LogP contribution is 2.36. The molecule has 0 spiro atoms. The van der Waals surface area contributed by atoms with Crippen LogP contribution >= 0.6 is 23.1 Å². The van der Waals surface area contributed by atoms with Gasteiger partial charge in [-0.15, -0.1) is 23.1 Å².